The summed E-state index contributed by atoms with van der Waals surface area (Å²) in [6.07, 6.45) is 0. The molecule has 2 N–H and O–H groups in total. The van der Waals surface area contributed by atoms with Gasteiger partial charge >= 0.3 is 0 Å². The topological polar surface area (TPSA) is 58.2 Å². The average molecular weight is 242 g/mol. The summed E-state index contributed by atoms with van der Waals surface area (Å²) in [6.45, 7) is 3.66. The number of sulfonamides is 1. The van der Waals surface area contributed by atoms with Gasteiger partial charge in [0.05, 0.1) is 5.75 Å². The van der Waals surface area contributed by atoms with E-state index < -0.39 is 10.0 Å². The van der Waals surface area contributed by atoms with E-state index in [0.717, 1.165) is 5.56 Å². The second kappa shape index (κ2) is 5.32. The third-order valence-electron chi connectivity index (χ3n) is 2.50. The molecular formula is C11H18N2O2S. The Kier molecular flexibility index (Phi) is 4.32. The summed E-state index contributed by atoms with van der Waals surface area (Å²) >= 11 is 0. The average Bonchev–Trinajstić information content (AvgIpc) is 2.28. The number of anilines is 1. The molecule has 0 radical (unpaired) electrons. The lowest BCUT2D eigenvalue weighted by Crippen LogP contribution is -2.15. The monoisotopic (exact) mass is 242 g/mol. The Labute approximate surface area is 97.1 Å². The van der Waals surface area contributed by atoms with Crippen molar-refractivity contribution in [2.45, 2.75) is 19.9 Å². The Morgan fingerprint density at radius 1 is 1.25 bits per heavy atom. The highest BCUT2D eigenvalue weighted by Gasteiger charge is 2.07. The van der Waals surface area contributed by atoms with Crippen LogP contribution in [0.5, 0.6) is 0 Å². The van der Waals surface area contributed by atoms with Crippen LogP contribution in [0.1, 0.15) is 25.5 Å². The molecule has 0 bridgehead atoms. The second-order valence-corrected chi connectivity index (χ2v) is 5.65. The molecule has 0 fully saturated rings. The highest BCUT2D eigenvalue weighted by Crippen LogP contribution is 2.16. The zero-order valence-corrected chi connectivity index (χ0v) is 10.6. The predicted molar refractivity (Wildman–Crippen MR) is 67.0 cm³/mol. The van der Waals surface area contributed by atoms with Crippen LogP contribution in [0.25, 0.3) is 0 Å². The molecule has 0 aromatic heterocycles. The molecule has 90 valence electrons. The molecule has 1 aromatic rings. The van der Waals surface area contributed by atoms with Crippen LogP contribution in [0.15, 0.2) is 24.3 Å². The molecule has 0 spiro atoms. The Morgan fingerprint density at radius 3 is 2.25 bits per heavy atom. The first-order valence-electron chi connectivity index (χ1n) is 5.26. The zero-order valence-electron chi connectivity index (χ0n) is 9.82. The first-order chi connectivity index (χ1) is 7.48. The van der Waals surface area contributed by atoms with Crippen LogP contribution in [-0.4, -0.2) is 21.2 Å². The summed E-state index contributed by atoms with van der Waals surface area (Å²) in [5.41, 5.74) is 1.73. The lowest BCUT2D eigenvalue weighted by atomic mass is 10.1. The van der Waals surface area contributed by atoms with Gasteiger partial charge < -0.3 is 5.32 Å². The van der Waals surface area contributed by atoms with Gasteiger partial charge in [-0.3, -0.25) is 4.72 Å². The van der Waals surface area contributed by atoms with Gasteiger partial charge in [-0.15, -0.1) is 0 Å². The van der Waals surface area contributed by atoms with E-state index in [1.807, 2.05) is 26.1 Å². The fourth-order valence-electron chi connectivity index (χ4n) is 1.26. The molecule has 0 saturated heterocycles. The van der Waals surface area contributed by atoms with Crippen molar-refractivity contribution < 1.29 is 8.42 Å². The molecule has 5 heteroatoms. The van der Waals surface area contributed by atoms with Crippen LogP contribution in [0.4, 0.5) is 5.69 Å². The van der Waals surface area contributed by atoms with E-state index in [4.69, 9.17) is 0 Å². The Bertz CT molecular complexity index is 426. The molecule has 1 unspecified atom stereocenters. The van der Waals surface area contributed by atoms with E-state index in [-0.39, 0.29) is 11.8 Å². The Balaban J connectivity index is 2.80. The van der Waals surface area contributed by atoms with E-state index in [2.05, 4.69) is 10.0 Å². The third kappa shape index (κ3) is 3.50. The summed E-state index contributed by atoms with van der Waals surface area (Å²) in [6, 6.07) is 7.63. The first-order valence-corrected chi connectivity index (χ1v) is 6.91. The predicted octanol–water partition coefficient (Wildman–Crippen LogP) is 1.73. The van der Waals surface area contributed by atoms with Gasteiger partial charge in [-0.1, -0.05) is 12.1 Å². The summed E-state index contributed by atoms with van der Waals surface area (Å²) in [4.78, 5) is 0. The number of nitrogens with one attached hydrogen (secondary N) is 2. The van der Waals surface area contributed by atoms with E-state index in [1.165, 1.54) is 0 Å². The lowest BCUT2D eigenvalue weighted by Gasteiger charge is -2.11. The van der Waals surface area contributed by atoms with Gasteiger partial charge in [0.1, 0.15) is 0 Å². The Morgan fingerprint density at radius 2 is 1.81 bits per heavy atom. The maximum atomic E-state index is 11.3. The van der Waals surface area contributed by atoms with Gasteiger partial charge in [-0.25, -0.2) is 8.42 Å². The number of benzene rings is 1. The van der Waals surface area contributed by atoms with Crippen molar-refractivity contribution in [2.75, 3.05) is 17.5 Å². The minimum absolute atomic E-state index is 0.0850. The molecule has 0 saturated carbocycles. The maximum absolute atomic E-state index is 11.3. The Hall–Kier alpha value is -1.07. The molecule has 0 heterocycles. The molecule has 0 aliphatic heterocycles. The summed E-state index contributed by atoms with van der Waals surface area (Å²) in [5, 5.41) is 3.12. The number of rotatable bonds is 5. The van der Waals surface area contributed by atoms with Gasteiger partial charge in [-0.05, 0) is 38.6 Å². The molecule has 4 nitrogen and oxygen atoms in total. The molecule has 1 rings (SSSR count). The SMILES string of the molecule is CCS(=O)(=O)Nc1ccc(C(C)NC)cc1. The van der Waals surface area contributed by atoms with Crippen LogP contribution < -0.4 is 10.0 Å². The van der Waals surface area contributed by atoms with E-state index in [9.17, 15) is 8.42 Å². The zero-order chi connectivity index (χ0) is 12.2. The largest absolute Gasteiger partial charge is 0.313 e. The second-order valence-electron chi connectivity index (χ2n) is 3.64. The smallest absolute Gasteiger partial charge is 0.232 e. The van der Waals surface area contributed by atoms with Crippen molar-refractivity contribution in [3.05, 3.63) is 29.8 Å². The van der Waals surface area contributed by atoms with Crippen LogP contribution in [0.2, 0.25) is 0 Å². The van der Waals surface area contributed by atoms with Crippen LogP contribution in [-0.2, 0) is 10.0 Å². The molecule has 1 aromatic carbocycles. The minimum Gasteiger partial charge on any atom is -0.313 e. The third-order valence-corrected chi connectivity index (χ3v) is 3.80. The van der Waals surface area contributed by atoms with Crippen molar-refractivity contribution >= 4 is 15.7 Å². The maximum Gasteiger partial charge on any atom is 0.232 e. The molecule has 0 amide bonds. The number of hydrogen-bond acceptors (Lipinski definition) is 3. The van der Waals surface area contributed by atoms with E-state index >= 15 is 0 Å². The standard InChI is InChI=1S/C11H18N2O2S/c1-4-16(14,15)13-11-7-5-10(6-8-11)9(2)12-3/h5-9,12-13H,4H2,1-3H3. The van der Waals surface area contributed by atoms with Gasteiger partial charge in [0.25, 0.3) is 0 Å². The first kappa shape index (κ1) is 13.0. The van der Waals surface area contributed by atoms with Crippen molar-refractivity contribution in [1.82, 2.24) is 5.32 Å². The minimum atomic E-state index is -3.18. The van der Waals surface area contributed by atoms with Crippen molar-refractivity contribution in [3.8, 4) is 0 Å². The molecular weight excluding hydrogens is 224 g/mol. The quantitative estimate of drug-likeness (QED) is 0.826. The van der Waals surface area contributed by atoms with Crippen LogP contribution in [0, 0.1) is 0 Å². The molecule has 1 atom stereocenters. The molecule has 16 heavy (non-hydrogen) atoms. The summed E-state index contributed by atoms with van der Waals surface area (Å²) in [5.74, 6) is 0.0850. The van der Waals surface area contributed by atoms with Gasteiger partial charge in [0.2, 0.25) is 10.0 Å². The van der Waals surface area contributed by atoms with Crippen LogP contribution >= 0.6 is 0 Å². The van der Waals surface area contributed by atoms with Gasteiger partial charge in [0.15, 0.2) is 0 Å². The fraction of sp³-hybridized carbons (Fsp3) is 0.455. The highest BCUT2D eigenvalue weighted by molar-refractivity contribution is 7.92. The fourth-order valence-corrected chi connectivity index (χ4v) is 1.90. The summed E-state index contributed by atoms with van der Waals surface area (Å²) < 4.78 is 25.1. The van der Waals surface area contributed by atoms with Crippen LogP contribution in [0.3, 0.4) is 0 Å². The van der Waals surface area contributed by atoms with Crippen molar-refractivity contribution in [1.29, 1.82) is 0 Å². The lowest BCUT2D eigenvalue weighted by molar-refractivity contribution is 0.602. The van der Waals surface area contributed by atoms with Gasteiger partial charge in [0, 0.05) is 11.7 Å². The van der Waals surface area contributed by atoms with Crippen molar-refractivity contribution in [3.63, 3.8) is 0 Å². The van der Waals surface area contributed by atoms with Gasteiger partial charge in [-0.2, -0.15) is 0 Å². The van der Waals surface area contributed by atoms with E-state index in [0.29, 0.717) is 5.69 Å². The number of hydrogen-bond donors (Lipinski definition) is 2. The highest BCUT2D eigenvalue weighted by atomic mass is 32.2. The normalized spacial score (nSPS) is 13.4. The van der Waals surface area contributed by atoms with Crippen molar-refractivity contribution in [2.24, 2.45) is 0 Å². The van der Waals surface area contributed by atoms with E-state index in [1.54, 1.807) is 19.1 Å². The molecule has 0 aliphatic carbocycles. The molecule has 0 aliphatic rings. The summed E-state index contributed by atoms with van der Waals surface area (Å²) in [7, 11) is -1.29.